The molecular formula is C17H20BrN3. The largest absolute Gasteiger partial charge is 0.339 e. The maximum atomic E-state index is 4.69. The lowest BCUT2D eigenvalue weighted by Crippen LogP contribution is -2.09. The number of halogens is 1. The van der Waals surface area contributed by atoms with Crippen LogP contribution in [0.25, 0.3) is 10.9 Å². The number of hydrogen-bond acceptors (Lipinski definition) is 1. The first-order valence-corrected chi connectivity index (χ1v) is 8.23. The number of para-hydroxylation sites is 1. The Kier molecular flexibility index (Phi) is 3.89. The van der Waals surface area contributed by atoms with E-state index in [-0.39, 0.29) is 0 Å². The fourth-order valence-corrected chi connectivity index (χ4v) is 3.57. The van der Waals surface area contributed by atoms with Crippen molar-refractivity contribution in [1.29, 1.82) is 0 Å². The van der Waals surface area contributed by atoms with Crippen LogP contribution >= 0.6 is 15.9 Å². The molecule has 3 aromatic rings. The third-order valence-corrected chi connectivity index (χ3v) is 4.94. The molecule has 4 heteroatoms. The lowest BCUT2D eigenvalue weighted by molar-refractivity contribution is 0.595. The zero-order valence-electron chi connectivity index (χ0n) is 12.7. The minimum Gasteiger partial charge on any atom is -0.339 e. The van der Waals surface area contributed by atoms with E-state index in [9.17, 15) is 0 Å². The molecule has 21 heavy (non-hydrogen) atoms. The number of hydrogen-bond donors (Lipinski definition) is 0. The summed E-state index contributed by atoms with van der Waals surface area (Å²) in [6, 6.07) is 10.8. The molecule has 2 heterocycles. The molecule has 0 radical (unpaired) electrons. The normalized spacial score (nSPS) is 11.4. The topological polar surface area (TPSA) is 22.8 Å². The van der Waals surface area contributed by atoms with E-state index in [1.165, 1.54) is 22.3 Å². The summed E-state index contributed by atoms with van der Waals surface area (Å²) in [6.45, 7) is 8.20. The summed E-state index contributed by atoms with van der Waals surface area (Å²) in [6.07, 6.45) is 0.950. The van der Waals surface area contributed by atoms with E-state index in [1.807, 2.05) is 0 Å². The molecule has 3 nitrogen and oxygen atoms in total. The lowest BCUT2D eigenvalue weighted by Gasteiger charge is -2.10. The van der Waals surface area contributed by atoms with Gasteiger partial charge in [-0.3, -0.25) is 4.68 Å². The van der Waals surface area contributed by atoms with Crippen LogP contribution in [0.4, 0.5) is 0 Å². The highest BCUT2D eigenvalue weighted by Crippen LogP contribution is 2.26. The van der Waals surface area contributed by atoms with Crippen LogP contribution in [-0.4, -0.2) is 14.3 Å². The number of nitrogens with zero attached hydrogens (tertiary/aromatic N) is 3. The predicted molar refractivity (Wildman–Crippen MR) is 90.8 cm³/mol. The van der Waals surface area contributed by atoms with Gasteiger partial charge in [0.05, 0.1) is 22.4 Å². The zero-order chi connectivity index (χ0) is 15.0. The van der Waals surface area contributed by atoms with Crippen LogP contribution in [0.5, 0.6) is 0 Å². The maximum absolute atomic E-state index is 4.69. The highest BCUT2D eigenvalue weighted by atomic mass is 79.9. The quantitative estimate of drug-likeness (QED) is 0.680. The van der Waals surface area contributed by atoms with Crippen molar-refractivity contribution in [2.45, 2.75) is 40.3 Å². The van der Waals surface area contributed by atoms with E-state index in [1.54, 1.807) is 0 Å². The van der Waals surface area contributed by atoms with Crippen LogP contribution in [0.15, 0.2) is 34.8 Å². The first kappa shape index (κ1) is 14.4. The molecule has 0 fully saturated rings. The third-order valence-electron chi connectivity index (χ3n) is 4.02. The summed E-state index contributed by atoms with van der Waals surface area (Å²) < 4.78 is 5.63. The zero-order valence-corrected chi connectivity index (χ0v) is 14.3. The van der Waals surface area contributed by atoms with Crippen LogP contribution in [0.3, 0.4) is 0 Å². The standard InChI is InChI=1S/C17H20BrN3/c1-4-14-17(18)16(21(5-2)19-14)11-20-12(3)10-13-8-6-7-9-15(13)20/h6-10H,4-5,11H2,1-3H3. The summed E-state index contributed by atoms with van der Waals surface area (Å²) >= 11 is 3.74. The van der Waals surface area contributed by atoms with Crippen molar-refractivity contribution in [3.05, 3.63) is 51.9 Å². The second-order valence-electron chi connectivity index (χ2n) is 5.31. The number of fused-ring (bicyclic) bond motifs is 1. The molecule has 0 aliphatic heterocycles. The third kappa shape index (κ3) is 2.42. The Labute approximate surface area is 133 Å². The number of aromatic nitrogens is 3. The molecule has 0 bridgehead atoms. The van der Waals surface area contributed by atoms with Crippen molar-refractivity contribution in [3.63, 3.8) is 0 Å². The van der Waals surface area contributed by atoms with Gasteiger partial charge in [-0.05, 0) is 53.7 Å². The molecule has 0 amide bonds. The van der Waals surface area contributed by atoms with Gasteiger partial charge in [0.15, 0.2) is 0 Å². The average Bonchev–Trinajstić information content (AvgIpc) is 2.98. The molecule has 110 valence electrons. The van der Waals surface area contributed by atoms with Crippen molar-refractivity contribution >= 4 is 26.8 Å². The number of benzene rings is 1. The van der Waals surface area contributed by atoms with Gasteiger partial charge in [-0.2, -0.15) is 5.10 Å². The van der Waals surface area contributed by atoms with Crippen molar-refractivity contribution in [2.24, 2.45) is 0 Å². The molecule has 0 saturated heterocycles. The first-order valence-electron chi connectivity index (χ1n) is 7.44. The SMILES string of the molecule is CCc1nn(CC)c(Cn2c(C)cc3ccccc32)c1Br. The fourth-order valence-electron chi connectivity index (χ4n) is 2.88. The molecule has 3 rings (SSSR count). The van der Waals surface area contributed by atoms with E-state index in [0.29, 0.717) is 0 Å². The van der Waals surface area contributed by atoms with Crippen LogP contribution in [0.1, 0.15) is 30.9 Å². The van der Waals surface area contributed by atoms with Gasteiger partial charge >= 0.3 is 0 Å². The van der Waals surface area contributed by atoms with Crippen LogP contribution in [0.2, 0.25) is 0 Å². The molecule has 0 unspecified atom stereocenters. The Hall–Kier alpha value is -1.55. The Morgan fingerprint density at radius 3 is 2.67 bits per heavy atom. The highest BCUT2D eigenvalue weighted by molar-refractivity contribution is 9.10. The number of rotatable bonds is 4. The van der Waals surface area contributed by atoms with Gasteiger partial charge in [-0.15, -0.1) is 0 Å². The van der Waals surface area contributed by atoms with Crippen molar-refractivity contribution < 1.29 is 0 Å². The molecule has 1 aromatic carbocycles. The summed E-state index contributed by atoms with van der Waals surface area (Å²) in [4.78, 5) is 0. The van der Waals surface area contributed by atoms with Crippen molar-refractivity contribution in [2.75, 3.05) is 0 Å². The summed E-state index contributed by atoms with van der Waals surface area (Å²) in [7, 11) is 0. The molecule has 0 N–H and O–H groups in total. The van der Waals surface area contributed by atoms with Crippen LogP contribution in [0, 0.1) is 6.92 Å². The molecule has 0 saturated carbocycles. The molecular weight excluding hydrogens is 326 g/mol. The van der Waals surface area contributed by atoms with Gasteiger partial charge in [-0.1, -0.05) is 25.1 Å². The minimum absolute atomic E-state index is 0.848. The van der Waals surface area contributed by atoms with Gasteiger partial charge in [0.2, 0.25) is 0 Å². The lowest BCUT2D eigenvalue weighted by atomic mass is 10.2. The summed E-state index contributed by atoms with van der Waals surface area (Å²) in [5, 5.41) is 5.99. The Bertz CT molecular complexity index is 783. The van der Waals surface area contributed by atoms with Gasteiger partial charge in [0.25, 0.3) is 0 Å². The summed E-state index contributed by atoms with van der Waals surface area (Å²) in [5.74, 6) is 0. The van der Waals surface area contributed by atoms with E-state index in [2.05, 4.69) is 76.3 Å². The smallest absolute Gasteiger partial charge is 0.0767 e. The molecule has 0 aliphatic rings. The molecule has 0 aliphatic carbocycles. The van der Waals surface area contributed by atoms with E-state index in [4.69, 9.17) is 5.10 Å². The highest BCUT2D eigenvalue weighted by Gasteiger charge is 2.16. The van der Waals surface area contributed by atoms with Crippen LogP contribution < -0.4 is 0 Å². The van der Waals surface area contributed by atoms with Crippen molar-refractivity contribution in [3.8, 4) is 0 Å². The van der Waals surface area contributed by atoms with Gasteiger partial charge in [-0.25, -0.2) is 0 Å². The predicted octanol–water partition coefficient (Wildman–Crippen LogP) is 4.54. The molecule has 0 atom stereocenters. The van der Waals surface area contributed by atoms with Gasteiger partial charge in [0.1, 0.15) is 0 Å². The Morgan fingerprint density at radius 1 is 1.19 bits per heavy atom. The molecule has 0 spiro atoms. The first-order chi connectivity index (χ1) is 10.2. The second-order valence-corrected chi connectivity index (χ2v) is 6.10. The van der Waals surface area contributed by atoms with E-state index < -0.39 is 0 Å². The van der Waals surface area contributed by atoms with Gasteiger partial charge < -0.3 is 4.57 Å². The Balaban J connectivity index is 2.10. The minimum atomic E-state index is 0.848. The van der Waals surface area contributed by atoms with E-state index >= 15 is 0 Å². The van der Waals surface area contributed by atoms with Crippen molar-refractivity contribution in [1.82, 2.24) is 14.3 Å². The monoisotopic (exact) mass is 345 g/mol. The second kappa shape index (κ2) is 5.68. The molecule has 2 aromatic heterocycles. The fraction of sp³-hybridized carbons (Fsp3) is 0.353. The maximum Gasteiger partial charge on any atom is 0.0767 e. The van der Waals surface area contributed by atoms with E-state index in [0.717, 1.165) is 29.7 Å². The van der Waals surface area contributed by atoms with Crippen LogP contribution in [-0.2, 0) is 19.5 Å². The average molecular weight is 346 g/mol. The Morgan fingerprint density at radius 2 is 1.95 bits per heavy atom. The van der Waals surface area contributed by atoms with Gasteiger partial charge in [0, 0.05) is 17.8 Å². The number of aryl methyl sites for hydroxylation is 3. The summed E-state index contributed by atoms with van der Waals surface area (Å²) in [5.41, 5.74) is 4.95.